The number of β-amino-alcohol motifs (C(OH)–C–C–N with tert-alkyl or cyclic N) is 1. The minimum absolute atomic E-state index is 0.0860. The zero-order chi connectivity index (χ0) is 15.2. The SMILES string of the molecule is CCN1CCN(CC(O)c2ccc(NC(C)=O)cc2)CC1. The summed E-state index contributed by atoms with van der Waals surface area (Å²) < 4.78 is 0. The Morgan fingerprint density at radius 2 is 1.76 bits per heavy atom. The fourth-order valence-electron chi connectivity index (χ4n) is 2.63. The molecular formula is C16H25N3O2. The zero-order valence-electron chi connectivity index (χ0n) is 12.9. The number of piperazine rings is 1. The molecule has 0 saturated carbocycles. The second-order valence-electron chi connectivity index (χ2n) is 5.55. The molecule has 0 radical (unpaired) electrons. The summed E-state index contributed by atoms with van der Waals surface area (Å²) >= 11 is 0. The number of nitrogens with zero attached hydrogens (tertiary/aromatic N) is 2. The molecule has 1 heterocycles. The number of carbonyl (C=O) groups excluding carboxylic acids is 1. The minimum Gasteiger partial charge on any atom is -0.387 e. The van der Waals surface area contributed by atoms with Crippen LogP contribution in [0.5, 0.6) is 0 Å². The van der Waals surface area contributed by atoms with Gasteiger partial charge in [0, 0.05) is 45.3 Å². The highest BCUT2D eigenvalue weighted by Crippen LogP contribution is 2.18. The molecule has 2 rings (SSSR count). The van der Waals surface area contributed by atoms with Crippen molar-refractivity contribution in [2.24, 2.45) is 0 Å². The molecular weight excluding hydrogens is 266 g/mol. The van der Waals surface area contributed by atoms with E-state index in [4.69, 9.17) is 0 Å². The van der Waals surface area contributed by atoms with Gasteiger partial charge in [-0.15, -0.1) is 0 Å². The molecule has 1 atom stereocenters. The van der Waals surface area contributed by atoms with Gasteiger partial charge in [0.2, 0.25) is 5.91 Å². The predicted octanol–water partition coefficient (Wildman–Crippen LogP) is 1.32. The molecule has 1 amide bonds. The van der Waals surface area contributed by atoms with E-state index in [9.17, 15) is 9.90 Å². The van der Waals surface area contributed by atoms with Gasteiger partial charge < -0.3 is 15.3 Å². The maximum Gasteiger partial charge on any atom is 0.221 e. The van der Waals surface area contributed by atoms with Crippen LogP contribution in [0.25, 0.3) is 0 Å². The minimum atomic E-state index is -0.482. The molecule has 0 bridgehead atoms. The molecule has 1 saturated heterocycles. The number of benzene rings is 1. The van der Waals surface area contributed by atoms with Crippen LogP contribution < -0.4 is 5.32 Å². The lowest BCUT2D eigenvalue weighted by atomic mass is 10.1. The number of carbonyl (C=O) groups is 1. The zero-order valence-corrected chi connectivity index (χ0v) is 12.9. The van der Waals surface area contributed by atoms with Gasteiger partial charge in [-0.25, -0.2) is 0 Å². The Hall–Kier alpha value is -1.43. The van der Waals surface area contributed by atoms with Crippen LogP contribution in [0, 0.1) is 0 Å². The highest BCUT2D eigenvalue weighted by molar-refractivity contribution is 5.88. The van der Waals surface area contributed by atoms with Crippen molar-refractivity contribution in [3.63, 3.8) is 0 Å². The van der Waals surface area contributed by atoms with Crippen molar-refractivity contribution in [1.82, 2.24) is 9.80 Å². The van der Waals surface area contributed by atoms with E-state index in [-0.39, 0.29) is 5.91 Å². The molecule has 0 aromatic heterocycles. The van der Waals surface area contributed by atoms with Crippen LogP contribution in [0.1, 0.15) is 25.5 Å². The summed E-state index contributed by atoms with van der Waals surface area (Å²) in [5.74, 6) is -0.0860. The van der Waals surface area contributed by atoms with Crippen LogP contribution in [-0.4, -0.2) is 60.1 Å². The number of aliphatic hydroxyl groups excluding tert-OH is 1. The Morgan fingerprint density at radius 3 is 2.29 bits per heavy atom. The smallest absolute Gasteiger partial charge is 0.221 e. The molecule has 1 unspecified atom stereocenters. The molecule has 1 fully saturated rings. The highest BCUT2D eigenvalue weighted by atomic mass is 16.3. The standard InChI is InChI=1S/C16H25N3O2/c1-3-18-8-10-19(11-9-18)12-16(21)14-4-6-15(7-5-14)17-13(2)20/h4-7,16,21H,3,8-12H2,1-2H3,(H,17,20). The van der Waals surface area contributed by atoms with E-state index >= 15 is 0 Å². The van der Waals surface area contributed by atoms with Gasteiger partial charge in [-0.1, -0.05) is 19.1 Å². The summed E-state index contributed by atoms with van der Waals surface area (Å²) in [5, 5.41) is 13.1. The lowest BCUT2D eigenvalue weighted by Gasteiger charge is -2.35. The second kappa shape index (κ2) is 7.54. The number of aliphatic hydroxyl groups is 1. The molecule has 5 nitrogen and oxygen atoms in total. The van der Waals surface area contributed by atoms with Crippen LogP contribution in [0.15, 0.2) is 24.3 Å². The normalized spacial score (nSPS) is 18.4. The van der Waals surface area contributed by atoms with E-state index in [1.54, 1.807) is 0 Å². The Kier molecular flexibility index (Phi) is 5.73. The van der Waals surface area contributed by atoms with E-state index in [0.717, 1.165) is 44.0 Å². The molecule has 1 aromatic carbocycles. The first-order valence-corrected chi connectivity index (χ1v) is 7.59. The summed E-state index contributed by atoms with van der Waals surface area (Å²) in [4.78, 5) is 15.7. The first kappa shape index (κ1) is 15.9. The topological polar surface area (TPSA) is 55.8 Å². The van der Waals surface area contributed by atoms with Crippen molar-refractivity contribution in [3.05, 3.63) is 29.8 Å². The average molecular weight is 291 g/mol. The molecule has 5 heteroatoms. The van der Waals surface area contributed by atoms with Crippen LogP contribution >= 0.6 is 0 Å². The van der Waals surface area contributed by atoms with Gasteiger partial charge in [0.15, 0.2) is 0 Å². The van der Waals surface area contributed by atoms with E-state index in [1.165, 1.54) is 6.92 Å². The third-order valence-electron chi connectivity index (χ3n) is 3.96. The van der Waals surface area contributed by atoms with E-state index in [2.05, 4.69) is 22.0 Å². The third kappa shape index (κ3) is 4.81. The van der Waals surface area contributed by atoms with Crippen LogP contribution in [0.2, 0.25) is 0 Å². The molecule has 1 aliphatic rings. The van der Waals surface area contributed by atoms with Gasteiger partial charge in [-0.2, -0.15) is 0 Å². The van der Waals surface area contributed by atoms with Gasteiger partial charge in [0.05, 0.1) is 6.10 Å². The average Bonchev–Trinajstić information content (AvgIpc) is 2.48. The number of hydrogen-bond donors (Lipinski definition) is 2. The quantitative estimate of drug-likeness (QED) is 0.859. The number of likely N-dealkylation sites (N-methyl/N-ethyl adjacent to an activating group) is 1. The Bertz CT molecular complexity index is 453. The first-order chi connectivity index (χ1) is 10.1. The summed E-state index contributed by atoms with van der Waals surface area (Å²) in [7, 11) is 0. The number of amides is 1. The molecule has 1 aromatic rings. The Balaban J connectivity index is 1.85. The molecule has 116 valence electrons. The lowest BCUT2D eigenvalue weighted by molar-refractivity contribution is -0.114. The maximum absolute atomic E-state index is 11.0. The van der Waals surface area contributed by atoms with Crippen molar-refractivity contribution < 1.29 is 9.90 Å². The second-order valence-corrected chi connectivity index (χ2v) is 5.55. The van der Waals surface area contributed by atoms with Crippen molar-refractivity contribution >= 4 is 11.6 Å². The van der Waals surface area contributed by atoms with Gasteiger partial charge >= 0.3 is 0 Å². The van der Waals surface area contributed by atoms with E-state index in [1.807, 2.05) is 24.3 Å². The van der Waals surface area contributed by atoms with Crippen LogP contribution in [0.3, 0.4) is 0 Å². The summed E-state index contributed by atoms with van der Waals surface area (Å²) in [6, 6.07) is 7.40. The fraction of sp³-hybridized carbons (Fsp3) is 0.562. The van der Waals surface area contributed by atoms with Gasteiger partial charge in [-0.3, -0.25) is 9.69 Å². The Morgan fingerprint density at radius 1 is 1.19 bits per heavy atom. The van der Waals surface area contributed by atoms with Crippen molar-refractivity contribution in [1.29, 1.82) is 0 Å². The molecule has 0 aliphatic carbocycles. The predicted molar refractivity (Wildman–Crippen MR) is 84.3 cm³/mol. The fourth-order valence-corrected chi connectivity index (χ4v) is 2.63. The van der Waals surface area contributed by atoms with Gasteiger partial charge in [0.1, 0.15) is 0 Å². The number of rotatable bonds is 5. The Labute approximate surface area is 126 Å². The van der Waals surface area contributed by atoms with Gasteiger partial charge in [-0.05, 0) is 24.2 Å². The van der Waals surface area contributed by atoms with Crippen LogP contribution in [-0.2, 0) is 4.79 Å². The molecule has 0 spiro atoms. The van der Waals surface area contributed by atoms with Crippen molar-refractivity contribution in [2.75, 3.05) is 44.6 Å². The lowest BCUT2D eigenvalue weighted by Crippen LogP contribution is -2.47. The number of hydrogen-bond acceptors (Lipinski definition) is 4. The maximum atomic E-state index is 11.0. The number of anilines is 1. The highest BCUT2D eigenvalue weighted by Gasteiger charge is 2.18. The van der Waals surface area contributed by atoms with Crippen LogP contribution in [0.4, 0.5) is 5.69 Å². The largest absolute Gasteiger partial charge is 0.387 e. The number of nitrogens with one attached hydrogen (secondary N) is 1. The molecule has 21 heavy (non-hydrogen) atoms. The molecule has 2 N–H and O–H groups in total. The van der Waals surface area contributed by atoms with Gasteiger partial charge in [0.25, 0.3) is 0 Å². The summed E-state index contributed by atoms with van der Waals surface area (Å²) in [6.45, 7) is 9.59. The summed E-state index contributed by atoms with van der Waals surface area (Å²) in [6.07, 6.45) is -0.482. The first-order valence-electron chi connectivity index (χ1n) is 7.59. The van der Waals surface area contributed by atoms with E-state index in [0.29, 0.717) is 6.54 Å². The monoisotopic (exact) mass is 291 g/mol. The van der Waals surface area contributed by atoms with Crippen molar-refractivity contribution in [3.8, 4) is 0 Å². The van der Waals surface area contributed by atoms with Crippen molar-refractivity contribution in [2.45, 2.75) is 20.0 Å². The third-order valence-corrected chi connectivity index (χ3v) is 3.96. The summed E-state index contributed by atoms with van der Waals surface area (Å²) in [5.41, 5.74) is 1.65. The van der Waals surface area contributed by atoms with E-state index < -0.39 is 6.10 Å². The molecule has 1 aliphatic heterocycles.